The lowest BCUT2D eigenvalue weighted by Crippen LogP contribution is -2.49. The Hall–Kier alpha value is -3.74. The minimum atomic E-state index is 0.0422. The van der Waals surface area contributed by atoms with E-state index in [1.54, 1.807) is 6.20 Å². The molecule has 3 aromatic heterocycles. The number of aromatic nitrogens is 4. The van der Waals surface area contributed by atoms with Crippen LogP contribution in [0.1, 0.15) is 21.7 Å². The number of anilines is 1. The molecular formula is C24H24N6O. The van der Waals surface area contributed by atoms with Crippen LogP contribution in [0.4, 0.5) is 5.82 Å². The standard InChI is InChI=1S/C24H24N6O/c1-16-17(2)26-22(20-9-5-6-10-25-20)28-23(16)29-11-13-30(14-12-29)24(31)21-15-18-7-3-4-8-19(18)27-21/h3-10,15,27H,11-14H2,1-2H3. The highest BCUT2D eigenvalue weighted by atomic mass is 16.2. The molecule has 7 nitrogen and oxygen atoms in total. The molecule has 1 aromatic carbocycles. The van der Waals surface area contributed by atoms with Gasteiger partial charge in [0.2, 0.25) is 0 Å². The number of pyridine rings is 1. The average molecular weight is 412 g/mol. The molecule has 0 saturated carbocycles. The smallest absolute Gasteiger partial charge is 0.270 e. The fourth-order valence-corrected chi connectivity index (χ4v) is 4.01. The van der Waals surface area contributed by atoms with Crippen LogP contribution >= 0.6 is 0 Å². The molecule has 0 radical (unpaired) electrons. The molecule has 1 aliphatic rings. The number of benzene rings is 1. The fraction of sp³-hybridized carbons (Fsp3) is 0.250. The number of amides is 1. The number of rotatable bonds is 3. The highest BCUT2D eigenvalue weighted by molar-refractivity contribution is 5.98. The van der Waals surface area contributed by atoms with Crippen molar-refractivity contribution in [1.82, 2.24) is 24.8 Å². The number of fused-ring (bicyclic) bond motifs is 1. The molecule has 0 atom stereocenters. The molecule has 1 saturated heterocycles. The maximum atomic E-state index is 13.0. The van der Waals surface area contributed by atoms with Gasteiger partial charge in [-0.05, 0) is 38.1 Å². The summed E-state index contributed by atoms with van der Waals surface area (Å²) in [5.41, 5.74) is 4.40. The number of nitrogens with zero attached hydrogens (tertiary/aromatic N) is 5. The summed E-state index contributed by atoms with van der Waals surface area (Å²) in [5, 5.41) is 1.05. The summed E-state index contributed by atoms with van der Waals surface area (Å²) in [6.07, 6.45) is 1.75. The van der Waals surface area contributed by atoms with Gasteiger partial charge in [-0.15, -0.1) is 0 Å². The van der Waals surface area contributed by atoms with Gasteiger partial charge in [0, 0.05) is 54.5 Å². The lowest BCUT2D eigenvalue weighted by Gasteiger charge is -2.36. The Morgan fingerprint density at radius 1 is 0.968 bits per heavy atom. The predicted octanol–water partition coefficient (Wildman–Crippen LogP) is 3.60. The molecule has 1 N–H and O–H groups in total. The number of hydrogen-bond donors (Lipinski definition) is 1. The van der Waals surface area contributed by atoms with Crippen molar-refractivity contribution in [2.75, 3.05) is 31.1 Å². The zero-order chi connectivity index (χ0) is 21.4. The first-order valence-electron chi connectivity index (χ1n) is 10.5. The molecule has 0 unspecified atom stereocenters. The van der Waals surface area contributed by atoms with Crippen LogP contribution in [-0.4, -0.2) is 56.9 Å². The van der Waals surface area contributed by atoms with Crippen molar-refractivity contribution in [1.29, 1.82) is 0 Å². The van der Waals surface area contributed by atoms with E-state index in [0.29, 0.717) is 24.6 Å². The molecule has 4 heterocycles. The Kier molecular flexibility index (Phi) is 4.86. The second-order valence-electron chi connectivity index (χ2n) is 7.85. The van der Waals surface area contributed by atoms with Crippen molar-refractivity contribution in [2.45, 2.75) is 13.8 Å². The van der Waals surface area contributed by atoms with Gasteiger partial charge in [-0.25, -0.2) is 9.97 Å². The van der Waals surface area contributed by atoms with E-state index in [1.165, 1.54) is 0 Å². The Morgan fingerprint density at radius 2 is 1.74 bits per heavy atom. The number of H-pyrrole nitrogens is 1. The summed E-state index contributed by atoms with van der Waals surface area (Å²) in [6, 6.07) is 15.6. The molecule has 1 amide bonds. The first kappa shape index (κ1) is 19.2. The summed E-state index contributed by atoms with van der Waals surface area (Å²) in [7, 11) is 0. The highest BCUT2D eigenvalue weighted by Gasteiger charge is 2.25. The first-order chi connectivity index (χ1) is 15.1. The van der Waals surface area contributed by atoms with Crippen molar-refractivity contribution >= 4 is 22.6 Å². The maximum absolute atomic E-state index is 13.0. The first-order valence-corrected chi connectivity index (χ1v) is 10.5. The molecule has 0 aliphatic carbocycles. The van der Waals surface area contributed by atoms with Crippen molar-refractivity contribution in [3.05, 3.63) is 71.7 Å². The van der Waals surface area contributed by atoms with E-state index >= 15 is 0 Å². The number of aryl methyl sites for hydroxylation is 1. The summed E-state index contributed by atoms with van der Waals surface area (Å²) < 4.78 is 0. The van der Waals surface area contributed by atoms with Gasteiger partial charge in [-0.1, -0.05) is 24.3 Å². The average Bonchev–Trinajstić information content (AvgIpc) is 3.25. The van der Waals surface area contributed by atoms with Gasteiger partial charge in [-0.3, -0.25) is 9.78 Å². The summed E-state index contributed by atoms with van der Waals surface area (Å²) in [5.74, 6) is 1.60. The van der Waals surface area contributed by atoms with Gasteiger partial charge in [0.25, 0.3) is 5.91 Å². The van der Waals surface area contributed by atoms with Crippen LogP contribution in [0.15, 0.2) is 54.7 Å². The van der Waals surface area contributed by atoms with E-state index in [-0.39, 0.29) is 5.91 Å². The van der Waals surface area contributed by atoms with E-state index in [0.717, 1.165) is 46.8 Å². The topological polar surface area (TPSA) is 78.0 Å². The van der Waals surface area contributed by atoms with Gasteiger partial charge in [0.15, 0.2) is 5.82 Å². The molecular weight excluding hydrogens is 388 g/mol. The molecule has 1 fully saturated rings. The fourth-order valence-electron chi connectivity index (χ4n) is 4.01. The number of piperazine rings is 1. The predicted molar refractivity (Wildman–Crippen MR) is 121 cm³/mol. The maximum Gasteiger partial charge on any atom is 0.270 e. The Labute approximate surface area is 180 Å². The quantitative estimate of drug-likeness (QED) is 0.556. The van der Waals surface area contributed by atoms with Gasteiger partial charge < -0.3 is 14.8 Å². The lowest BCUT2D eigenvalue weighted by molar-refractivity contribution is 0.0741. The van der Waals surface area contributed by atoms with Crippen LogP contribution in [-0.2, 0) is 0 Å². The van der Waals surface area contributed by atoms with E-state index in [4.69, 9.17) is 4.98 Å². The van der Waals surface area contributed by atoms with Crippen LogP contribution < -0.4 is 4.90 Å². The molecule has 1 aliphatic heterocycles. The van der Waals surface area contributed by atoms with Gasteiger partial charge in [0.1, 0.15) is 17.2 Å². The zero-order valence-electron chi connectivity index (χ0n) is 17.7. The van der Waals surface area contributed by atoms with Crippen molar-refractivity contribution in [3.8, 4) is 11.5 Å². The van der Waals surface area contributed by atoms with Crippen LogP contribution in [0, 0.1) is 13.8 Å². The van der Waals surface area contributed by atoms with E-state index in [1.807, 2.05) is 60.4 Å². The van der Waals surface area contributed by atoms with Crippen LogP contribution in [0.3, 0.4) is 0 Å². The normalized spacial score (nSPS) is 14.3. The molecule has 4 aromatic rings. The van der Waals surface area contributed by atoms with Gasteiger partial charge in [-0.2, -0.15) is 0 Å². The third-order valence-electron chi connectivity index (χ3n) is 5.88. The third-order valence-corrected chi connectivity index (χ3v) is 5.88. The van der Waals surface area contributed by atoms with Crippen LogP contribution in [0.2, 0.25) is 0 Å². The number of carbonyl (C=O) groups is 1. The molecule has 5 rings (SSSR count). The minimum Gasteiger partial charge on any atom is -0.353 e. The summed E-state index contributed by atoms with van der Waals surface area (Å²) in [4.78, 5) is 34.3. The van der Waals surface area contributed by atoms with Crippen LogP contribution in [0.5, 0.6) is 0 Å². The van der Waals surface area contributed by atoms with Gasteiger partial charge >= 0.3 is 0 Å². The number of para-hydroxylation sites is 1. The van der Waals surface area contributed by atoms with Crippen molar-refractivity contribution in [2.24, 2.45) is 0 Å². The Morgan fingerprint density at radius 3 is 2.48 bits per heavy atom. The Bertz CT molecular complexity index is 1210. The van der Waals surface area contributed by atoms with E-state index in [9.17, 15) is 4.79 Å². The molecule has 0 spiro atoms. The van der Waals surface area contributed by atoms with Crippen molar-refractivity contribution in [3.63, 3.8) is 0 Å². The molecule has 7 heteroatoms. The second kappa shape index (κ2) is 7.83. The molecule has 0 bridgehead atoms. The number of nitrogens with one attached hydrogen (secondary N) is 1. The molecule has 156 valence electrons. The summed E-state index contributed by atoms with van der Waals surface area (Å²) >= 11 is 0. The van der Waals surface area contributed by atoms with Gasteiger partial charge in [0.05, 0.1) is 0 Å². The summed E-state index contributed by atoms with van der Waals surface area (Å²) in [6.45, 7) is 6.80. The zero-order valence-corrected chi connectivity index (χ0v) is 17.7. The Balaban J connectivity index is 1.34. The molecule has 31 heavy (non-hydrogen) atoms. The van der Waals surface area contributed by atoms with Crippen LogP contribution in [0.25, 0.3) is 22.4 Å². The number of carbonyl (C=O) groups excluding carboxylic acids is 1. The van der Waals surface area contributed by atoms with Crippen molar-refractivity contribution < 1.29 is 4.79 Å². The highest BCUT2D eigenvalue weighted by Crippen LogP contribution is 2.25. The number of hydrogen-bond acceptors (Lipinski definition) is 5. The monoisotopic (exact) mass is 412 g/mol. The second-order valence-corrected chi connectivity index (χ2v) is 7.85. The third kappa shape index (κ3) is 3.63. The SMILES string of the molecule is Cc1nc(-c2ccccn2)nc(N2CCN(C(=O)c3cc4ccccc4[nH]3)CC2)c1C. The largest absolute Gasteiger partial charge is 0.353 e. The minimum absolute atomic E-state index is 0.0422. The van der Waals surface area contributed by atoms with E-state index < -0.39 is 0 Å². The number of aromatic amines is 1. The lowest BCUT2D eigenvalue weighted by atomic mass is 10.2. The van der Waals surface area contributed by atoms with E-state index in [2.05, 4.69) is 26.8 Å².